The van der Waals surface area contributed by atoms with Gasteiger partial charge in [-0.25, -0.2) is 0 Å². The Morgan fingerprint density at radius 3 is 2.10 bits per heavy atom. The maximum absolute atomic E-state index is 10.8. The number of likely N-dealkylation sites (N-methyl/N-ethyl adjacent to an activating group) is 1. The lowest BCUT2D eigenvalue weighted by Crippen LogP contribution is -2.37. The van der Waals surface area contributed by atoms with Crippen molar-refractivity contribution >= 4 is 5.97 Å². The van der Waals surface area contributed by atoms with Gasteiger partial charge < -0.3 is 24.2 Å². The molecule has 0 spiro atoms. The Bertz CT molecular complexity index is 239. The molecule has 0 bridgehead atoms. The second-order valence-electron chi connectivity index (χ2n) is 4.69. The molecule has 0 amide bonds. The average molecular weight is 292 g/mol. The number of hydrogen-bond acceptors (Lipinski definition) is 6. The van der Waals surface area contributed by atoms with Crippen LogP contribution in [0.4, 0.5) is 0 Å². The van der Waals surface area contributed by atoms with Crippen molar-refractivity contribution in [2.45, 2.75) is 0 Å². The molecule has 0 saturated carbocycles. The van der Waals surface area contributed by atoms with Gasteiger partial charge in [0.05, 0.1) is 39.6 Å². The first kappa shape index (κ1) is 19.3. The fraction of sp³-hybridized carbons (Fsp3) is 0.923. The lowest BCUT2D eigenvalue weighted by molar-refractivity contribution is -0.138. The Morgan fingerprint density at radius 2 is 1.55 bits per heavy atom. The van der Waals surface area contributed by atoms with Crippen molar-refractivity contribution in [2.75, 3.05) is 80.4 Å². The summed E-state index contributed by atoms with van der Waals surface area (Å²) in [6, 6.07) is 0. The van der Waals surface area contributed by atoms with Crippen LogP contribution in [0.1, 0.15) is 0 Å². The SMILES string of the molecule is COCCOCCOCCN(CCN(C)C)CC(=O)O. The summed E-state index contributed by atoms with van der Waals surface area (Å²) >= 11 is 0. The molecule has 0 atom stereocenters. The minimum absolute atomic E-state index is 0.0432. The number of methoxy groups -OCH3 is 1. The van der Waals surface area contributed by atoms with Gasteiger partial charge >= 0.3 is 5.97 Å². The quantitative estimate of drug-likeness (QED) is 0.437. The van der Waals surface area contributed by atoms with E-state index in [-0.39, 0.29) is 6.54 Å². The summed E-state index contributed by atoms with van der Waals surface area (Å²) in [6.45, 7) is 4.89. The largest absolute Gasteiger partial charge is 0.480 e. The van der Waals surface area contributed by atoms with Crippen LogP contribution in [0.15, 0.2) is 0 Å². The van der Waals surface area contributed by atoms with E-state index in [1.165, 1.54) is 0 Å². The first-order valence-corrected chi connectivity index (χ1v) is 6.79. The van der Waals surface area contributed by atoms with E-state index in [9.17, 15) is 4.79 Å². The summed E-state index contributed by atoms with van der Waals surface area (Å²) in [7, 11) is 5.56. The molecule has 0 aromatic rings. The van der Waals surface area contributed by atoms with Crippen LogP contribution in [0.2, 0.25) is 0 Å². The zero-order valence-corrected chi connectivity index (χ0v) is 12.8. The summed E-state index contributed by atoms with van der Waals surface area (Å²) in [5.74, 6) is -0.813. The van der Waals surface area contributed by atoms with Crippen LogP contribution in [0.3, 0.4) is 0 Å². The summed E-state index contributed by atoms with van der Waals surface area (Å²) in [5.41, 5.74) is 0. The third-order valence-corrected chi connectivity index (χ3v) is 2.58. The van der Waals surface area contributed by atoms with Crippen LogP contribution in [0.5, 0.6) is 0 Å². The molecule has 0 aromatic carbocycles. The number of carboxylic acid groups (broad SMARTS) is 1. The lowest BCUT2D eigenvalue weighted by atomic mass is 10.4. The average Bonchev–Trinajstić information content (AvgIpc) is 2.38. The maximum atomic E-state index is 10.8. The van der Waals surface area contributed by atoms with E-state index in [1.54, 1.807) is 7.11 Å². The number of rotatable bonds is 14. The van der Waals surface area contributed by atoms with Crippen molar-refractivity contribution in [3.8, 4) is 0 Å². The molecule has 0 saturated heterocycles. The Hall–Kier alpha value is -0.730. The van der Waals surface area contributed by atoms with Gasteiger partial charge in [-0.3, -0.25) is 9.69 Å². The van der Waals surface area contributed by atoms with Gasteiger partial charge in [0.25, 0.3) is 0 Å². The van der Waals surface area contributed by atoms with Crippen LogP contribution in [0, 0.1) is 0 Å². The molecular formula is C13H28N2O5. The Labute approximate surface area is 121 Å². The highest BCUT2D eigenvalue weighted by molar-refractivity contribution is 5.69. The normalized spacial score (nSPS) is 11.4. The molecule has 0 aromatic heterocycles. The van der Waals surface area contributed by atoms with E-state index in [4.69, 9.17) is 19.3 Å². The first-order chi connectivity index (χ1) is 9.56. The smallest absolute Gasteiger partial charge is 0.317 e. The van der Waals surface area contributed by atoms with Gasteiger partial charge in [-0.2, -0.15) is 0 Å². The van der Waals surface area contributed by atoms with Crippen LogP contribution >= 0.6 is 0 Å². The van der Waals surface area contributed by atoms with Crippen molar-refractivity contribution in [3.05, 3.63) is 0 Å². The molecular weight excluding hydrogens is 264 g/mol. The molecule has 0 aliphatic rings. The number of ether oxygens (including phenoxy) is 3. The van der Waals surface area contributed by atoms with Gasteiger partial charge in [0.1, 0.15) is 0 Å². The highest BCUT2D eigenvalue weighted by atomic mass is 16.5. The van der Waals surface area contributed by atoms with Gasteiger partial charge in [-0.05, 0) is 14.1 Å². The number of carbonyl (C=O) groups is 1. The highest BCUT2D eigenvalue weighted by Gasteiger charge is 2.09. The van der Waals surface area contributed by atoms with Crippen molar-refractivity contribution in [3.63, 3.8) is 0 Å². The van der Waals surface area contributed by atoms with Crippen LogP contribution in [0.25, 0.3) is 0 Å². The van der Waals surface area contributed by atoms with Gasteiger partial charge in [-0.15, -0.1) is 0 Å². The van der Waals surface area contributed by atoms with Crippen molar-refractivity contribution in [2.24, 2.45) is 0 Å². The lowest BCUT2D eigenvalue weighted by Gasteiger charge is -2.22. The molecule has 0 heterocycles. The molecule has 7 nitrogen and oxygen atoms in total. The highest BCUT2D eigenvalue weighted by Crippen LogP contribution is 1.91. The standard InChI is InChI=1S/C13H28N2O5/c1-14(2)4-5-15(12-13(16)17)6-7-19-10-11-20-9-8-18-3/h4-12H2,1-3H3,(H,16,17). The molecule has 0 aliphatic heterocycles. The Kier molecular flexibility index (Phi) is 12.8. The zero-order chi connectivity index (χ0) is 15.2. The predicted molar refractivity (Wildman–Crippen MR) is 76.1 cm³/mol. The summed E-state index contributed by atoms with van der Waals surface area (Å²) in [5, 5.41) is 8.84. The van der Waals surface area contributed by atoms with E-state index >= 15 is 0 Å². The second-order valence-corrected chi connectivity index (χ2v) is 4.69. The van der Waals surface area contributed by atoms with E-state index in [2.05, 4.69) is 0 Å². The van der Waals surface area contributed by atoms with Crippen LogP contribution in [-0.2, 0) is 19.0 Å². The minimum atomic E-state index is -0.813. The molecule has 0 unspecified atom stereocenters. The fourth-order valence-electron chi connectivity index (χ4n) is 1.46. The third-order valence-electron chi connectivity index (χ3n) is 2.58. The van der Waals surface area contributed by atoms with Gasteiger partial charge in [0.15, 0.2) is 0 Å². The van der Waals surface area contributed by atoms with E-state index in [0.717, 1.165) is 6.54 Å². The molecule has 0 fully saturated rings. The monoisotopic (exact) mass is 292 g/mol. The fourth-order valence-corrected chi connectivity index (χ4v) is 1.46. The molecule has 20 heavy (non-hydrogen) atoms. The van der Waals surface area contributed by atoms with Gasteiger partial charge in [0, 0.05) is 26.7 Å². The second kappa shape index (κ2) is 13.3. The van der Waals surface area contributed by atoms with Gasteiger partial charge in [-0.1, -0.05) is 0 Å². The van der Waals surface area contributed by atoms with Crippen LogP contribution in [-0.4, -0.2) is 101 Å². The zero-order valence-electron chi connectivity index (χ0n) is 12.8. The number of nitrogens with zero attached hydrogens (tertiary/aromatic N) is 2. The minimum Gasteiger partial charge on any atom is -0.480 e. The maximum Gasteiger partial charge on any atom is 0.317 e. The van der Waals surface area contributed by atoms with Crippen LogP contribution < -0.4 is 0 Å². The molecule has 0 radical (unpaired) electrons. The molecule has 0 rings (SSSR count). The van der Waals surface area contributed by atoms with Crippen molar-refractivity contribution in [1.29, 1.82) is 0 Å². The summed E-state index contributed by atoms with van der Waals surface area (Å²) in [6.07, 6.45) is 0. The molecule has 7 heteroatoms. The predicted octanol–water partition coefficient (Wildman–Crippen LogP) is -0.386. The van der Waals surface area contributed by atoms with E-state index < -0.39 is 5.97 Å². The molecule has 0 aliphatic carbocycles. The third kappa shape index (κ3) is 13.7. The molecule has 1 N–H and O–H groups in total. The van der Waals surface area contributed by atoms with Gasteiger partial charge in [0.2, 0.25) is 0 Å². The Morgan fingerprint density at radius 1 is 0.950 bits per heavy atom. The van der Waals surface area contributed by atoms with E-state index in [1.807, 2.05) is 23.9 Å². The number of carboxylic acids is 1. The Balaban J connectivity index is 3.60. The summed E-state index contributed by atoms with van der Waals surface area (Å²) < 4.78 is 15.5. The summed E-state index contributed by atoms with van der Waals surface area (Å²) in [4.78, 5) is 14.7. The van der Waals surface area contributed by atoms with Crippen molar-refractivity contribution in [1.82, 2.24) is 9.80 Å². The van der Waals surface area contributed by atoms with Crippen molar-refractivity contribution < 1.29 is 24.1 Å². The number of aliphatic carboxylic acids is 1. The number of hydrogen-bond donors (Lipinski definition) is 1. The topological polar surface area (TPSA) is 71.5 Å². The molecule has 120 valence electrons. The van der Waals surface area contributed by atoms with E-state index in [0.29, 0.717) is 46.1 Å². The first-order valence-electron chi connectivity index (χ1n) is 6.79.